The van der Waals surface area contributed by atoms with Crippen LogP contribution in [0.4, 0.5) is 0 Å². The number of carboxylic acid groups (broad SMARTS) is 1. The summed E-state index contributed by atoms with van der Waals surface area (Å²) in [5, 5.41) is 8.93. The van der Waals surface area contributed by atoms with E-state index in [4.69, 9.17) is 10.8 Å². The Morgan fingerprint density at radius 3 is 2.20 bits per heavy atom. The normalized spacial score (nSPS) is 13.4. The molecule has 0 heterocycles. The number of hydrogen-bond donors (Lipinski definition) is 2. The van der Waals surface area contributed by atoms with Crippen molar-refractivity contribution in [3.05, 3.63) is 35.9 Å². The molecule has 0 aliphatic heterocycles. The first-order valence-corrected chi connectivity index (χ1v) is 6.48. The number of carboxylic acids is 1. The average molecular weight is 287 g/mol. The summed E-state index contributed by atoms with van der Waals surface area (Å²) >= 11 is 0. The van der Waals surface area contributed by atoms with Crippen molar-refractivity contribution < 1.29 is 14.7 Å². The van der Waals surface area contributed by atoms with Crippen LogP contribution in [0.25, 0.3) is 0 Å². The maximum absolute atomic E-state index is 12.2. The third kappa shape index (κ3) is 6.18. The average Bonchev–Trinajstić information content (AvgIpc) is 2.36. The van der Waals surface area contributed by atoms with Gasteiger partial charge in [-0.25, -0.2) is 0 Å². The number of ketones is 1. The number of benzene rings is 1. The van der Waals surface area contributed by atoms with E-state index < -0.39 is 12.0 Å². The molecule has 0 aromatic heterocycles. The molecule has 0 amide bonds. The van der Waals surface area contributed by atoms with Crippen molar-refractivity contribution in [2.75, 3.05) is 0 Å². The zero-order valence-electron chi connectivity index (χ0n) is 11.4. The van der Waals surface area contributed by atoms with Gasteiger partial charge in [0, 0.05) is 5.56 Å². The van der Waals surface area contributed by atoms with Crippen LogP contribution in [-0.4, -0.2) is 52.5 Å². The van der Waals surface area contributed by atoms with Crippen LogP contribution in [0.1, 0.15) is 37.0 Å². The van der Waals surface area contributed by atoms with Gasteiger partial charge in [0.15, 0.2) is 5.78 Å². The van der Waals surface area contributed by atoms with Crippen LogP contribution < -0.4 is 5.73 Å². The van der Waals surface area contributed by atoms with Gasteiger partial charge in [-0.05, 0) is 18.3 Å². The van der Waals surface area contributed by atoms with Gasteiger partial charge in [0.2, 0.25) is 0 Å². The van der Waals surface area contributed by atoms with Crippen molar-refractivity contribution in [2.24, 2.45) is 17.6 Å². The fourth-order valence-electron chi connectivity index (χ4n) is 2.20. The van der Waals surface area contributed by atoms with Gasteiger partial charge < -0.3 is 10.8 Å². The molecule has 0 spiro atoms. The number of hydrogen-bond acceptors (Lipinski definition) is 3. The van der Waals surface area contributed by atoms with Crippen LogP contribution in [0.5, 0.6) is 0 Å². The van der Waals surface area contributed by atoms with Crippen molar-refractivity contribution in [1.82, 2.24) is 0 Å². The standard InChI is InChI=1S/C15H21NO3.Na.H/c1-10(2)8-12(9-13(17)18)14(16)15(19)11-6-4-3-5-7-11;;/h3-7,10,12,14H,8-9,16H2,1-2H3,(H,17,18);;. The number of carbonyl (C=O) groups excluding carboxylic acids is 1. The summed E-state index contributed by atoms with van der Waals surface area (Å²) in [5.41, 5.74) is 6.51. The molecule has 0 aliphatic carbocycles. The molecule has 1 rings (SSSR count). The molecular formula is C15H22NNaO3. The van der Waals surface area contributed by atoms with Crippen LogP contribution in [0, 0.1) is 11.8 Å². The van der Waals surface area contributed by atoms with Crippen LogP contribution in [0.15, 0.2) is 30.3 Å². The molecule has 0 aliphatic rings. The molecule has 0 radical (unpaired) electrons. The Kier molecular flexibility index (Phi) is 8.98. The summed E-state index contributed by atoms with van der Waals surface area (Å²) in [6.45, 7) is 3.99. The summed E-state index contributed by atoms with van der Waals surface area (Å²) < 4.78 is 0. The number of carbonyl (C=O) groups is 2. The zero-order chi connectivity index (χ0) is 14.4. The van der Waals surface area contributed by atoms with Gasteiger partial charge >= 0.3 is 35.5 Å². The van der Waals surface area contributed by atoms with Crippen molar-refractivity contribution in [3.8, 4) is 0 Å². The maximum atomic E-state index is 12.2. The first-order chi connectivity index (χ1) is 8.91. The molecule has 5 heteroatoms. The van der Waals surface area contributed by atoms with E-state index >= 15 is 0 Å². The third-order valence-electron chi connectivity index (χ3n) is 3.08. The molecule has 0 bridgehead atoms. The molecule has 3 N–H and O–H groups in total. The van der Waals surface area contributed by atoms with E-state index in [0.29, 0.717) is 17.9 Å². The molecule has 1 aromatic rings. The van der Waals surface area contributed by atoms with Crippen LogP contribution in [0.2, 0.25) is 0 Å². The molecule has 2 unspecified atom stereocenters. The SMILES string of the molecule is CC(C)CC(CC(=O)O)C(N)C(=O)c1ccccc1.[NaH]. The van der Waals surface area contributed by atoms with E-state index in [-0.39, 0.29) is 47.7 Å². The van der Waals surface area contributed by atoms with Gasteiger partial charge in [0.1, 0.15) is 0 Å². The fourth-order valence-corrected chi connectivity index (χ4v) is 2.20. The van der Waals surface area contributed by atoms with Crippen LogP contribution in [0.3, 0.4) is 0 Å². The molecule has 0 saturated heterocycles. The van der Waals surface area contributed by atoms with Crippen LogP contribution >= 0.6 is 0 Å². The number of Topliss-reactive ketones (excluding diaryl/α,β-unsaturated/α-hetero) is 1. The topological polar surface area (TPSA) is 80.4 Å². The second kappa shape index (κ2) is 9.29. The van der Waals surface area contributed by atoms with E-state index in [1.54, 1.807) is 24.3 Å². The Hall–Kier alpha value is -0.680. The van der Waals surface area contributed by atoms with Gasteiger partial charge in [-0.15, -0.1) is 0 Å². The van der Waals surface area contributed by atoms with Gasteiger partial charge in [-0.3, -0.25) is 9.59 Å². The molecule has 106 valence electrons. The molecular weight excluding hydrogens is 265 g/mol. The zero-order valence-corrected chi connectivity index (χ0v) is 11.4. The van der Waals surface area contributed by atoms with Gasteiger partial charge in [0.05, 0.1) is 12.5 Å². The predicted molar refractivity (Wildman–Crippen MR) is 81.1 cm³/mol. The van der Waals surface area contributed by atoms with E-state index in [2.05, 4.69) is 0 Å². The summed E-state index contributed by atoms with van der Waals surface area (Å²) in [6.07, 6.45) is 0.559. The van der Waals surface area contributed by atoms with E-state index in [1.165, 1.54) is 0 Å². The third-order valence-corrected chi connectivity index (χ3v) is 3.08. The summed E-state index contributed by atoms with van der Waals surface area (Å²) in [4.78, 5) is 23.1. The Morgan fingerprint density at radius 1 is 1.20 bits per heavy atom. The Bertz CT molecular complexity index is 434. The molecule has 0 fully saturated rings. The predicted octanol–water partition coefficient (Wildman–Crippen LogP) is 1.69. The number of aliphatic carboxylic acids is 1. The Labute approximate surface area is 142 Å². The van der Waals surface area contributed by atoms with Crippen molar-refractivity contribution in [3.63, 3.8) is 0 Å². The second-order valence-electron chi connectivity index (χ2n) is 5.24. The van der Waals surface area contributed by atoms with Crippen LogP contribution in [-0.2, 0) is 4.79 Å². The van der Waals surface area contributed by atoms with Gasteiger partial charge in [-0.1, -0.05) is 44.2 Å². The van der Waals surface area contributed by atoms with Gasteiger partial charge in [0.25, 0.3) is 0 Å². The van der Waals surface area contributed by atoms with Crippen molar-refractivity contribution >= 4 is 41.3 Å². The summed E-state index contributed by atoms with van der Waals surface area (Å²) in [5.74, 6) is -1.13. The summed E-state index contributed by atoms with van der Waals surface area (Å²) in [6, 6.07) is 8.01. The summed E-state index contributed by atoms with van der Waals surface area (Å²) in [7, 11) is 0. The second-order valence-corrected chi connectivity index (χ2v) is 5.24. The Morgan fingerprint density at radius 2 is 1.75 bits per heavy atom. The quantitative estimate of drug-likeness (QED) is 0.590. The minimum atomic E-state index is -0.915. The molecule has 2 atom stereocenters. The molecule has 20 heavy (non-hydrogen) atoms. The number of rotatable bonds is 7. The fraction of sp³-hybridized carbons (Fsp3) is 0.467. The van der Waals surface area contributed by atoms with Crippen molar-refractivity contribution in [1.29, 1.82) is 0 Å². The van der Waals surface area contributed by atoms with Crippen molar-refractivity contribution in [2.45, 2.75) is 32.7 Å². The van der Waals surface area contributed by atoms with E-state index in [9.17, 15) is 9.59 Å². The van der Waals surface area contributed by atoms with E-state index in [1.807, 2.05) is 19.9 Å². The minimum absolute atomic E-state index is 0. The first-order valence-electron chi connectivity index (χ1n) is 6.48. The number of nitrogens with two attached hydrogens (primary N) is 1. The molecule has 1 aromatic carbocycles. The molecule has 4 nitrogen and oxygen atoms in total. The molecule has 0 saturated carbocycles. The first kappa shape index (κ1) is 19.3. The van der Waals surface area contributed by atoms with Gasteiger partial charge in [-0.2, -0.15) is 0 Å². The van der Waals surface area contributed by atoms with E-state index in [0.717, 1.165) is 0 Å². The monoisotopic (exact) mass is 287 g/mol. The Balaban J connectivity index is 0.00000361.